The van der Waals surface area contributed by atoms with E-state index in [4.69, 9.17) is 0 Å². The van der Waals surface area contributed by atoms with E-state index in [0.29, 0.717) is 12.5 Å². The molecule has 1 fully saturated rings. The molecular weight excluding hydrogens is 358 g/mol. The smallest absolute Gasteiger partial charge is 0.225 e. The molecule has 0 atom stereocenters. The minimum Gasteiger partial charge on any atom is -0.326 e. The van der Waals surface area contributed by atoms with Crippen molar-refractivity contribution in [1.82, 2.24) is 20.2 Å². The molecule has 1 N–H and O–H groups in total. The van der Waals surface area contributed by atoms with Crippen LogP contribution in [0.2, 0.25) is 0 Å². The van der Waals surface area contributed by atoms with Crippen LogP contribution in [0, 0.1) is 6.92 Å². The fourth-order valence-electron chi connectivity index (χ4n) is 2.80. The summed E-state index contributed by atoms with van der Waals surface area (Å²) in [5, 5.41) is 15.0. The van der Waals surface area contributed by atoms with Crippen LogP contribution < -0.4 is 5.32 Å². The van der Waals surface area contributed by atoms with Gasteiger partial charge in [0, 0.05) is 28.3 Å². The summed E-state index contributed by atoms with van der Waals surface area (Å²) in [6.45, 7) is 2.07. The van der Waals surface area contributed by atoms with Gasteiger partial charge in [-0.3, -0.25) is 4.79 Å². The van der Waals surface area contributed by atoms with Gasteiger partial charge in [0.05, 0.1) is 6.04 Å². The maximum absolute atomic E-state index is 12.3. The number of tetrazole rings is 1. The van der Waals surface area contributed by atoms with E-state index in [1.807, 2.05) is 28.9 Å². The highest BCUT2D eigenvalue weighted by atomic mass is 32.2. The van der Waals surface area contributed by atoms with Crippen LogP contribution in [0.4, 0.5) is 5.69 Å². The summed E-state index contributed by atoms with van der Waals surface area (Å²) in [6.07, 6.45) is 2.70. The number of carbonyl (C=O) groups is 1. The van der Waals surface area contributed by atoms with Gasteiger partial charge in [0.15, 0.2) is 5.82 Å². The minimum absolute atomic E-state index is 0.00791. The van der Waals surface area contributed by atoms with Gasteiger partial charge < -0.3 is 5.32 Å². The molecule has 1 heterocycles. The van der Waals surface area contributed by atoms with Gasteiger partial charge in [-0.1, -0.05) is 29.8 Å². The number of amides is 1. The monoisotopic (exact) mass is 379 g/mol. The van der Waals surface area contributed by atoms with Gasteiger partial charge in [-0.25, -0.2) is 4.68 Å². The number of hydrogen-bond acceptors (Lipinski definition) is 5. The second-order valence-electron chi connectivity index (χ2n) is 6.72. The Morgan fingerprint density at radius 1 is 1.22 bits per heavy atom. The maximum Gasteiger partial charge on any atom is 0.225 e. The average Bonchev–Trinajstić information content (AvgIpc) is 3.40. The Morgan fingerprint density at radius 3 is 2.81 bits per heavy atom. The molecule has 4 rings (SSSR count). The van der Waals surface area contributed by atoms with E-state index in [9.17, 15) is 4.79 Å². The second kappa shape index (κ2) is 7.92. The first kappa shape index (κ1) is 17.7. The molecule has 0 aliphatic heterocycles. The zero-order valence-electron chi connectivity index (χ0n) is 15.1. The average molecular weight is 379 g/mol. The number of carbonyl (C=O) groups excluding carboxylic acids is 1. The summed E-state index contributed by atoms with van der Waals surface area (Å²) in [6, 6.07) is 16.5. The van der Waals surface area contributed by atoms with E-state index in [1.54, 1.807) is 11.8 Å². The standard InChI is InChI=1S/C20H21N5OS/c1-14-5-9-18(10-6-14)27-12-11-19(26)21-16-4-2-3-15(13-16)20-22-23-24-25(20)17-7-8-17/h2-6,9-10,13,17H,7-8,11-12H2,1H3,(H,21,26). The number of anilines is 1. The molecule has 0 saturated heterocycles. The van der Waals surface area contributed by atoms with Gasteiger partial charge >= 0.3 is 0 Å². The fourth-order valence-corrected chi connectivity index (χ4v) is 3.66. The predicted molar refractivity (Wildman–Crippen MR) is 107 cm³/mol. The molecule has 0 bridgehead atoms. The molecule has 1 aromatic heterocycles. The number of aryl methyl sites for hydroxylation is 1. The topological polar surface area (TPSA) is 72.7 Å². The van der Waals surface area contributed by atoms with Crippen molar-refractivity contribution in [2.24, 2.45) is 0 Å². The van der Waals surface area contributed by atoms with Crippen molar-refractivity contribution in [3.63, 3.8) is 0 Å². The molecule has 7 heteroatoms. The van der Waals surface area contributed by atoms with Crippen LogP contribution in [0.1, 0.15) is 30.9 Å². The Morgan fingerprint density at radius 2 is 2.04 bits per heavy atom. The molecule has 138 valence electrons. The van der Waals surface area contributed by atoms with Gasteiger partial charge in [0.1, 0.15) is 0 Å². The Bertz CT molecular complexity index is 934. The van der Waals surface area contributed by atoms with Crippen LogP contribution >= 0.6 is 11.8 Å². The highest BCUT2D eigenvalue weighted by Crippen LogP contribution is 2.36. The van der Waals surface area contributed by atoms with Crippen molar-refractivity contribution in [3.8, 4) is 11.4 Å². The van der Waals surface area contributed by atoms with E-state index in [0.717, 1.165) is 35.7 Å². The lowest BCUT2D eigenvalue weighted by Crippen LogP contribution is -2.12. The lowest BCUT2D eigenvalue weighted by atomic mass is 10.2. The van der Waals surface area contributed by atoms with Crippen LogP contribution in [0.5, 0.6) is 0 Å². The van der Waals surface area contributed by atoms with Crippen LogP contribution in [-0.4, -0.2) is 31.9 Å². The predicted octanol–water partition coefficient (Wildman–Crippen LogP) is 4.10. The highest BCUT2D eigenvalue weighted by Gasteiger charge is 2.28. The fraction of sp³-hybridized carbons (Fsp3) is 0.300. The Kier molecular flexibility index (Phi) is 5.20. The SMILES string of the molecule is Cc1ccc(SCCC(=O)Nc2cccc(-c3nnnn3C3CC3)c2)cc1. The molecule has 1 saturated carbocycles. The van der Waals surface area contributed by atoms with Crippen molar-refractivity contribution in [1.29, 1.82) is 0 Å². The summed E-state index contributed by atoms with van der Waals surface area (Å²) >= 11 is 1.69. The lowest BCUT2D eigenvalue weighted by molar-refractivity contribution is -0.115. The van der Waals surface area contributed by atoms with Crippen molar-refractivity contribution < 1.29 is 4.79 Å². The molecule has 3 aromatic rings. The molecule has 0 unspecified atom stereocenters. The third kappa shape index (κ3) is 4.54. The summed E-state index contributed by atoms with van der Waals surface area (Å²) in [4.78, 5) is 13.5. The van der Waals surface area contributed by atoms with Gasteiger partial charge in [0.2, 0.25) is 5.91 Å². The molecular formula is C20H21N5OS. The number of benzene rings is 2. The molecule has 0 radical (unpaired) electrons. The van der Waals surface area contributed by atoms with Crippen LogP contribution in [0.3, 0.4) is 0 Å². The summed E-state index contributed by atoms with van der Waals surface area (Å²) in [7, 11) is 0. The quantitative estimate of drug-likeness (QED) is 0.626. The zero-order chi connectivity index (χ0) is 18.6. The second-order valence-corrected chi connectivity index (χ2v) is 7.89. The Labute approximate surface area is 162 Å². The first-order valence-corrected chi connectivity index (χ1v) is 10.1. The first-order valence-electron chi connectivity index (χ1n) is 9.07. The molecule has 27 heavy (non-hydrogen) atoms. The zero-order valence-corrected chi connectivity index (χ0v) is 15.9. The number of aromatic nitrogens is 4. The number of thioether (sulfide) groups is 1. The first-order chi connectivity index (χ1) is 13.2. The van der Waals surface area contributed by atoms with Crippen molar-refractivity contribution in [2.75, 3.05) is 11.1 Å². The number of rotatable bonds is 7. The third-order valence-electron chi connectivity index (χ3n) is 4.41. The molecule has 1 amide bonds. The van der Waals surface area contributed by atoms with Crippen LogP contribution in [0.15, 0.2) is 53.4 Å². The Balaban J connectivity index is 1.34. The van der Waals surface area contributed by atoms with E-state index in [1.165, 1.54) is 10.5 Å². The van der Waals surface area contributed by atoms with Gasteiger partial charge in [-0.2, -0.15) is 0 Å². The molecule has 6 nitrogen and oxygen atoms in total. The van der Waals surface area contributed by atoms with Gasteiger partial charge in [0.25, 0.3) is 0 Å². The number of hydrogen-bond donors (Lipinski definition) is 1. The summed E-state index contributed by atoms with van der Waals surface area (Å²) in [5.74, 6) is 1.51. The van der Waals surface area contributed by atoms with Crippen LogP contribution in [-0.2, 0) is 4.79 Å². The van der Waals surface area contributed by atoms with Crippen molar-refractivity contribution in [3.05, 3.63) is 54.1 Å². The number of nitrogens with one attached hydrogen (secondary N) is 1. The molecule has 1 aliphatic rings. The van der Waals surface area contributed by atoms with Crippen molar-refractivity contribution >= 4 is 23.4 Å². The highest BCUT2D eigenvalue weighted by molar-refractivity contribution is 7.99. The molecule has 0 spiro atoms. The molecule has 2 aromatic carbocycles. The van der Waals surface area contributed by atoms with E-state index in [-0.39, 0.29) is 5.91 Å². The van der Waals surface area contributed by atoms with Gasteiger partial charge in [-0.05, 0) is 54.5 Å². The van der Waals surface area contributed by atoms with Gasteiger partial charge in [-0.15, -0.1) is 16.9 Å². The normalized spacial score (nSPS) is 13.5. The third-order valence-corrected chi connectivity index (χ3v) is 5.42. The lowest BCUT2D eigenvalue weighted by Gasteiger charge is -2.08. The summed E-state index contributed by atoms with van der Waals surface area (Å²) < 4.78 is 1.87. The van der Waals surface area contributed by atoms with E-state index in [2.05, 4.69) is 52.0 Å². The largest absolute Gasteiger partial charge is 0.326 e. The van der Waals surface area contributed by atoms with Crippen molar-refractivity contribution in [2.45, 2.75) is 37.1 Å². The summed E-state index contributed by atoms with van der Waals surface area (Å²) in [5.41, 5.74) is 2.92. The van der Waals surface area contributed by atoms with E-state index >= 15 is 0 Å². The maximum atomic E-state index is 12.3. The van der Waals surface area contributed by atoms with Crippen LogP contribution in [0.25, 0.3) is 11.4 Å². The number of nitrogens with zero attached hydrogens (tertiary/aromatic N) is 4. The molecule has 1 aliphatic carbocycles. The Hall–Kier alpha value is -2.67. The van der Waals surface area contributed by atoms with E-state index < -0.39 is 0 Å². The minimum atomic E-state index is 0.00791.